The maximum Gasteiger partial charge on any atom is 0.191 e. The molecule has 2 fully saturated rings. The summed E-state index contributed by atoms with van der Waals surface area (Å²) in [6.07, 6.45) is 5.19. The van der Waals surface area contributed by atoms with Crippen LogP contribution in [0, 0.1) is 11.8 Å². The van der Waals surface area contributed by atoms with E-state index < -0.39 is 0 Å². The van der Waals surface area contributed by atoms with Crippen LogP contribution >= 0.6 is 24.0 Å². The standard InChI is InChI=1S/C21H43N5.HI/c1-6-22-21(24-20-16-26(17(2)3)15-19(20)5)23-11-7-8-12-25-13-9-18(4)10-14-25;/h17-20H,6-16H2,1-5H3,(H2,22,23,24);1H. The van der Waals surface area contributed by atoms with Gasteiger partial charge in [0.05, 0.1) is 0 Å². The van der Waals surface area contributed by atoms with Crippen molar-refractivity contribution in [1.29, 1.82) is 0 Å². The molecule has 2 N–H and O–H groups in total. The van der Waals surface area contributed by atoms with Gasteiger partial charge in [-0.3, -0.25) is 9.89 Å². The van der Waals surface area contributed by atoms with Crippen molar-refractivity contribution in [2.24, 2.45) is 16.8 Å². The summed E-state index contributed by atoms with van der Waals surface area (Å²) in [4.78, 5) is 10.0. The first-order valence-corrected chi connectivity index (χ1v) is 11.0. The van der Waals surface area contributed by atoms with E-state index in [1.54, 1.807) is 0 Å². The highest BCUT2D eigenvalue weighted by Crippen LogP contribution is 2.18. The van der Waals surface area contributed by atoms with E-state index in [4.69, 9.17) is 4.99 Å². The normalized spacial score (nSPS) is 25.6. The summed E-state index contributed by atoms with van der Waals surface area (Å²) in [5.41, 5.74) is 0. The van der Waals surface area contributed by atoms with Gasteiger partial charge in [-0.1, -0.05) is 13.8 Å². The number of halogens is 1. The van der Waals surface area contributed by atoms with Crippen molar-refractivity contribution in [2.45, 2.75) is 72.4 Å². The van der Waals surface area contributed by atoms with Crippen molar-refractivity contribution in [3.8, 4) is 0 Å². The number of nitrogens with one attached hydrogen (secondary N) is 2. The van der Waals surface area contributed by atoms with Crippen LogP contribution in [0.15, 0.2) is 4.99 Å². The fourth-order valence-electron chi connectivity index (χ4n) is 4.03. The molecular formula is C21H44IN5. The minimum absolute atomic E-state index is 0. The molecule has 0 radical (unpaired) electrons. The summed E-state index contributed by atoms with van der Waals surface area (Å²) in [5, 5.41) is 7.11. The van der Waals surface area contributed by atoms with Crippen LogP contribution in [0.5, 0.6) is 0 Å². The van der Waals surface area contributed by atoms with Crippen molar-refractivity contribution in [3.63, 3.8) is 0 Å². The zero-order valence-electron chi connectivity index (χ0n) is 18.3. The summed E-state index contributed by atoms with van der Waals surface area (Å²) in [6.45, 7) is 19.4. The van der Waals surface area contributed by atoms with Gasteiger partial charge in [-0.25, -0.2) is 0 Å². The molecule has 5 nitrogen and oxygen atoms in total. The minimum atomic E-state index is 0. The number of unbranched alkanes of at least 4 members (excludes halogenated alkanes) is 1. The van der Waals surface area contributed by atoms with Gasteiger partial charge in [-0.2, -0.15) is 0 Å². The van der Waals surface area contributed by atoms with E-state index >= 15 is 0 Å². The lowest BCUT2D eigenvalue weighted by Gasteiger charge is -2.30. The Bertz CT molecular complexity index is 421. The first kappa shape index (κ1) is 25.0. The highest BCUT2D eigenvalue weighted by molar-refractivity contribution is 14.0. The van der Waals surface area contributed by atoms with Crippen LogP contribution in [0.3, 0.4) is 0 Å². The van der Waals surface area contributed by atoms with Crippen LogP contribution < -0.4 is 10.6 Å². The Hall–Kier alpha value is -0.0800. The Labute approximate surface area is 185 Å². The third-order valence-electron chi connectivity index (χ3n) is 6.07. The van der Waals surface area contributed by atoms with E-state index in [9.17, 15) is 0 Å². The zero-order chi connectivity index (χ0) is 18.9. The molecule has 0 aromatic heterocycles. The lowest BCUT2D eigenvalue weighted by molar-refractivity contribution is 0.190. The first-order valence-electron chi connectivity index (χ1n) is 11.0. The van der Waals surface area contributed by atoms with Gasteiger partial charge in [-0.05, 0) is 77.9 Å². The van der Waals surface area contributed by atoms with E-state index in [2.05, 4.69) is 55.1 Å². The molecule has 0 aromatic carbocycles. The molecule has 0 aliphatic carbocycles. The molecule has 2 rings (SSSR count). The van der Waals surface area contributed by atoms with Gasteiger partial charge in [0, 0.05) is 38.3 Å². The second kappa shape index (κ2) is 13.2. The van der Waals surface area contributed by atoms with Gasteiger partial charge in [0.15, 0.2) is 5.96 Å². The summed E-state index contributed by atoms with van der Waals surface area (Å²) in [6, 6.07) is 1.13. The molecule has 160 valence electrons. The average molecular weight is 494 g/mol. The topological polar surface area (TPSA) is 42.9 Å². The summed E-state index contributed by atoms with van der Waals surface area (Å²) >= 11 is 0. The minimum Gasteiger partial charge on any atom is -0.357 e. The van der Waals surface area contributed by atoms with Crippen molar-refractivity contribution in [1.82, 2.24) is 20.4 Å². The number of aliphatic imine (C=N–C) groups is 1. The highest BCUT2D eigenvalue weighted by atomic mass is 127. The Balaban J connectivity index is 0.00000364. The maximum absolute atomic E-state index is 4.83. The lowest BCUT2D eigenvalue weighted by atomic mass is 9.99. The smallest absolute Gasteiger partial charge is 0.191 e. The molecule has 0 aromatic rings. The maximum atomic E-state index is 4.83. The number of guanidine groups is 1. The van der Waals surface area contributed by atoms with Gasteiger partial charge in [0.25, 0.3) is 0 Å². The Morgan fingerprint density at radius 3 is 2.41 bits per heavy atom. The first-order chi connectivity index (χ1) is 12.5. The van der Waals surface area contributed by atoms with E-state index in [0.717, 1.165) is 31.5 Å². The molecule has 2 aliphatic heterocycles. The van der Waals surface area contributed by atoms with Gasteiger partial charge >= 0.3 is 0 Å². The predicted molar refractivity (Wildman–Crippen MR) is 128 cm³/mol. The molecule has 27 heavy (non-hydrogen) atoms. The third-order valence-corrected chi connectivity index (χ3v) is 6.07. The number of piperidine rings is 1. The van der Waals surface area contributed by atoms with Gasteiger partial charge in [0.2, 0.25) is 0 Å². The van der Waals surface area contributed by atoms with Crippen LogP contribution in [-0.2, 0) is 0 Å². The zero-order valence-corrected chi connectivity index (χ0v) is 20.7. The fraction of sp³-hybridized carbons (Fsp3) is 0.952. The molecule has 0 saturated carbocycles. The van der Waals surface area contributed by atoms with Crippen LogP contribution in [0.4, 0.5) is 0 Å². The van der Waals surface area contributed by atoms with E-state index in [0.29, 0.717) is 18.0 Å². The van der Waals surface area contributed by atoms with Crippen molar-refractivity contribution in [2.75, 3.05) is 45.8 Å². The van der Waals surface area contributed by atoms with Crippen LogP contribution in [0.25, 0.3) is 0 Å². The molecule has 2 atom stereocenters. The third kappa shape index (κ3) is 8.86. The Morgan fingerprint density at radius 1 is 1.11 bits per heavy atom. The van der Waals surface area contributed by atoms with Gasteiger partial charge < -0.3 is 15.5 Å². The quantitative estimate of drug-likeness (QED) is 0.236. The monoisotopic (exact) mass is 493 g/mol. The number of hydrogen-bond acceptors (Lipinski definition) is 3. The second-order valence-corrected chi connectivity index (χ2v) is 8.77. The number of rotatable bonds is 8. The van der Waals surface area contributed by atoms with Crippen LogP contribution in [0.2, 0.25) is 0 Å². The Kier molecular flexibility index (Phi) is 12.2. The summed E-state index contributed by atoms with van der Waals surface area (Å²) < 4.78 is 0. The second-order valence-electron chi connectivity index (χ2n) is 8.77. The SMILES string of the molecule is CCNC(=NCCCCN1CCC(C)CC1)NC1CN(C(C)C)CC1C.I. The molecule has 0 amide bonds. The van der Waals surface area contributed by atoms with Crippen LogP contribution in [-0.4, -0.2) is 73.7 Å². The predicted octanol–water partition coefficient (Wildman–Crippen LogP) is 3.40. The van der Waals surface area contributed by atoms with E-state index in [-0.39, 0.29) is 24.0 Å². The van der Waals surface area contributed by atoms with E-state index in [1.165, 1.54) is 51.9 Å². The molecular weight excluding hydrogens is 449 g/mol. The van der Waals surface area contributed by atoms with Crippen LogP contribution in [0.1, 0.15) is 60.3 Å². The van der Waals surface area contributed by atoms with Crippen molar-refractivity contribution < 1.29 is 0 Å². The Morgan fingerprint density at radius 2 is 1.81 bits per heavy atom. The van der Waals surface area contributed by atoms with Crippen molar-refractivity contribution >= 4 is 29.9 Å². The van der Waals surface area contributed by atoms with Gasteiger partial charge in [-0.15, -0.1) is 24.0 Å². The average Bonchev–Trinajstić information content (AvgIpc) is 2.97. The highest BCUT2D eigenvalue weighted by Gasteiger charge is 2.31. The summed E-state index contributed by atoms with van der Waals surface area (Å²) in [7, 11) is 0. The molecule has 2 heterocycles. The van der Waals surface area contributed by atoms with Crippen molar-refractivity contribution in [3.05, 3.63) is 0 Å². The summed E-state index contributed by atoms with van der Waals surface area (Å²) in [5.74, 6) is 2.60. The molecule has 0 spiro atoms. The fourth-order valence-corrected chi connectivity index (χ4v) is 4.03. The molecule has 2 saturated heterocycles. The number of hydrogen-bond donors (Lipinski definition) is 2. The lowest BCUT2D eigenvalue weighted by Crippen LogP contribution is -2.46. The molecule has 2 unspecified atom stereocenters. The van der Waals surface area contributed by atoms with E-state index in [1.807, 2.05) is 0 Å². The number of likely N-dealkylation sites (tertiary alicyclic amines) is 2. The largest absolute Gasteiger partial charge is 0.357 e. The van der Waals surface area contributed by atoms with Gasteiger partial charge in [0.1, 0.15) is 0 Å². The molecule has 2 aliphatic rings. The number of nitrogens with zero attached hydrogens (tertiary/aromatic N) is 3. The molecule has 6 heteroatoms. The molecule has 0 bridgehead atoms.